The lowest BCUT2D eigenvalue weighted by Gasteiger charge is -2.07. The second-order valence-electron chi connectivity index (χ2n) is 6.09. The van der Waals surface area contributed by atoms with Crippen LogP contribution in [0.15, 0.2) is 57.9 Å². The minimum atomic E-state index is -3.42. The first-order valence-corrected chi connectivity index (χ1v) is 10.4. The number of benzene rings is 2. The molecule has 0 atom stereocenters. The molecule has 2 aromatic rings. The molecule has 7 heteroatoms. The molecule has 1 aliphatic carbocycles. The van der Waals surface area contributed by atoms with E-state index >= 15 is 0 Å². The molecule has 0 aromatic heterocycles. The minimum Gasteiger partial charge on any atom is -0.326 e. The van der Waals surface area contributed by atoms with Crippen molar-refractivity contribution < 1.29 is 13.2 Å². The van der Waals surface area contributed by atoms with Gasteiger partial charge in [-0.1, -0.05) is 28.1 Å². The summed E-state index contributed by atoms with van der Waals surface area (Å²) < 4.78 is 27.8. The second kappa shape index (κ2) is 7.68. The third kappa shape index (κ3) is 5.39. The highest BCUT2D eigenvalue weighted by Crippen LogP contribution is 2.22. The molecule has 0 radical (unpaired) electrons. The lowest BCUT2D eigenvalue weighted by atomic mass is 10.1. The van der Waals surface area contributed by atoms with E-state index in [1.54, 1.807) is 24.3 Å². The number of carbonyl (C=O) groups excluding carboxylic acids is 1. The molecule has 1 amide bonds. The largest absolute Gasteiger partial charge is 0.326 e. The molecule has 5 nitrogen and oxygen atoms in total. The highest BCUT2D eigenvalue weighted by Gasteiger charge is 2.27. The Morgan fingerprint density at radius 2 is 1.68 bits per heavy atom. The van der Waals surface area contributed by atoms with Crippen LogP contribution in [0.2, 0.25) is 0 Å². The first kappa shape index (κ1) is 18.1. The van der Waals surface area contributed by atoms with Crippen molar-refractivity contribution in [3.63, 3.8) is 0 Å². The summed E-state index contributed by atoms with van der Waals surface area (Å²) in [5, 5.41) is 2.84. The summed E-state index contributed by atoms with van der Waals surface area (Å²) in [4.78, 5) is 12.3. The molecular formula is C18H19BrN2O3S. The zero-order valence-corrected chi connectivity index (χ0v) is 15.9. The molecule has 2 aromatic carbocycles. The molecule has 2 N–H and O–H groups in total. The van der Waals surface area contributed by atoms with Gasteiger partial charge < -0.3 is 5.32 Å². The number of hydrogen-bond acceptors (Lipinski definition) is 3. The molecule has 0 unspecified atom stereocenters. The molecule has 132 valence electrons. The van der Waals surface area contributed by atoms with Crippen LogP contribution in [-0.4, -0.2) is 20.4 Å². The van der Waals surface area contributed by atoms with Crippen LogP contribution in [0.5, 0.6) is 0 Å². The van der Waals surface area contributed by atoms with E-state index in [4.69, 9.17) is 0 Å². The Bertz CT molecular complexity index is 845. The van der Waals surface area contributed by atoms with Crippen molar-refractivity contribution in [1.82, 2.24) is 4.72 Å². The summed E-state index contributed by atoms with van der Waals surface area (Å²) in [7, 11) is -3.42. The van der Waals surface area contributed by atoms with Crippen LogP contribution in [0.4, 0.5) is 5.69 Å². The van der Waals surface area contributed by atoms with Gasteiger partial charge in [0.15, 0.2) is 0 Å². The number of amides is 1. The van der Waals surface area contributed by atoms with E-state index in [0.29, 0.717) is 12.8 Å². The van der Waals surface area contributed by atoms with E-state index in [2.05, 4.69) is 26.0 Å². The second-order valence-corrected chi connectivity index (χ2v) is 8.72. The van der Waals surface area contributed by atoms with Gasteiger partial charge in [0.2, 0.25) is 15.9 Å². The summed E-state index contributed by atoms with van der Waals surface area (Å²) in [6.07, 6.45) is 2.71. The fourth-order valence-electron chi connectivity index (χ4n) is 2.34. The van der Waals surface area contributed by atoms with Crippen LogP contribution in [0, 0.1) is 0 Å². The SMILES string of the molecule is O=C(CCc1ccc(S(=O)(=O)NC2CC2)cc1)Nc1ccc(Br)cc1. The van der Waals surface area contributed by atoms with Crippen LogP contribution in [-0.2, 0) is 21.2 Å². The maximum Gasteiger partial charge on any atom is 0.240 e. The van der Waals surface area contributed by atoms with Crippen LogP contribution in [0.25, 0.3) is 0 Å². The van der Waals surface area contributed by atoms with Crippen molar-refractivity contribution >= 4 is 37.5 Å². The molecule has 0 bridgehead atoms. The number of hydrogen-bond donors (Lipinski definition) is 2. The van der Waals surface area contributed by atoms with Crippen molar-refractivity contribution in [2.75, 3.05) is 5.32 Å². The molecule has 1 aliphatic rings. The minimum absolute atomic E-state index is 0.0746. The van der Waals surface area contributed by atoms with Crippen LogP contribution in [0.1, 0.15) is 24.8 Å². The molecule has 1 saturated carbocycles. The van der Waals surface area contributed by atoms with Gasteiger partial charge in [0.25, 0.3) is 0 Å². The lowest BCUT2D eigenvalue weighted by molar-refractivity contribution is -0.116. The summed E-state index contributed by atoms with van der Waals surface area (Å²) in [6, 6.07) is 14.2. The third-order valence-electron chi connectivity index (χ3n) is 3.90. The van der Waals surface area contributed by atoms with Gasteiger partial charge in [-0.3, -0.25) is 4.79 Å². The Morgan fingerprint density at radius 3 is 2.28 bits per heavy atom. The average molecular weight is 423 g/mol. The summed E-state index contributed by atoms with van der Waals surface area (Å²) in [5.41, 5.74) is 1.68. The number of aryl methyl sites for hydroxylation is 1. The number of anilines is 1. The Balaban J connectivity index is 1.52. The van der Waals surface area contributed by atoms with Crippen molar-refractivity contribution in [2.45, 2.75) is 36.6 Å². The number of carbonyl (C=O) groups is 1. The monoisotopic (exact) mass is 422 g/mol. The van der Waals surface area contributed by atoms with Crippen molar-refractivity contribution in [3.8, 4) is 0 Å². The van der Waals surface area contributed by atoms with Crippen LogP contribution >= 0.6 is 15.9 Å². The fourth-order valence-corrected chi connectivity index (χ4v) is 3.91. The molecule has 1 fully saturated rings. The van der Waals surface area contributed by atoms with Crippen LogP contribution < -0.4 is 10.0 Å². The number of sulfonamides is 1. The van der Waals surface area contributed by atoms with Crippen LogP contribution in [0.3, 0.4) is 0 Å². The van der Waals surface area contributed by atoms with Crippen molar-refractivity contribution in [2.24, 2.45) is 0 Å². The Kier molecular flexibility index (Phi) is 5.56. The maximum absolute atomic E-state index is 12.1. The van der Waals surface area contributed by atoms with Gasteiger partial charge in [-0.05, 0) is 61.2 Å². The highest BCUT2D eigenvalue weighted by atomic mass is 79.9. The lowest BCUT2D eigenvalue weighted by Crippen LogP contribution is -2.25. The quantitative estimate of drug-likeness (QED) is 0.716. The van der Waals surface area contributed by atoms with Gasteiger partial charge >= 0.3 is 0 Å². The zero-order valence-electron chi connectivity index (χ0n) is 13.5. The predicted molar refractivity (Wildman–Crippen MR) is 101 cm³/mol. The molecule has 0 aliphatic heterocycles. The standard InChI is InChI=1S/C18H19BrN2O3S/c19-14-4-6-15(7-5-14)20-18(22)12-3-13-1-10-17(11-2-13)25(23,24)21-16-8-9-16/h1-2,4-7,10-11,16,21H,3,8-9,12H2,(H,20,22). The number of rotatable bonds is 7. The van der Waals surface area contributed by atoms with Crippen molar-refractivity contribution in [3.05, 3.63) is 58.6 Å². The molecule has 0 heterocycles. The Morgan fingerprint density at radius 1 is 1.04 bits per heavy atom. The van der Waals surface area contributed by atoms with E-state index in [1.807, 2.05) is 24.3 Å². The normalized spacial score (nSPS) is 14.3. The Labute approximate surface area is 156 Å². The molecule has 3 rings (SSSR count). The molecular weight excluding hydrogens is 404 g/mol. The smallest absolute Gasteiger partial charge is 0.240 e. The molecule has 0 spiro atoms. The van der Waals surface area contributed by atoms with Gasteiger partial charge in [0.05, 0.1) is 4.90 Å². The number of halogens is 1. The molecule has 25 heavy (non-hydrogen) atoms. The molecule has 0 saturated heterocycles. The van der Waals surface area contributed by atoms with Gasteiger partial charge in [0.1, 0.15) is 0 Å². The van der Waals surface area contributed by atoms with Gasteiger partial charge in [-0.25, -0.2) is 13.1 Å². The zero-order chi connectivity index (χ0) is 17.9. The van der Waals surface area contributed by atoms with Gasteiger partial charge in [0, 0.05) is 22.6 Å². The first-order valence-electron chi connectivity index (χ1n) is 8.09. The average Bonchev–Trinajstić information content (AvgIpc) is 3.39. The fraction of sp³-hybridized carbons (Fsp3) is 0.278. The summed E-state index contributed by atoms with van der Waals surface area (Å²) in [6.45, 7) is 0. The van der Waals surface area contributed by atoms with E-state index < -0.39 is 10.0 Å². The van der Waals surface area contributed by atoms with Crippen molar-refractivity contribution in [1.29, 1.82) is 0 Å². The highest BCUT2D eigenvalue weighted by molar-refractivity contribution is 9.10. The van der Waals surface area contributed by atoms with E-state index in [9.17, 15) is 13.2 Å². The van der Waals surface area contributed by atoms with Gasteiger partial charge in [-0.2, -0.15) is 0 Å². The number of nitrogens with one attached hydrogen (secondary N) is 2. The topological polar surface area (TPSA) is 75.3 Å². The van der Waals surface area contributed by atoms with E-state index in [1.165, 1.54) is 0 Å². The van der Waals surface area contributed by atoms with Gasteiger partial charge in [-0.15, -0.1) is 0 Å². The van der Waals surface area contributed by atoms with E-state index in [-0.39, 0.29) is 16.8 Å². The summed E-state index contributed by atoms with van der Waals surface area (Å²) >= 11 is 3.35. The summed E-state index contributed by atoms with van der Waals surface area (Å²) in [5.74, 6) is -0.0746. The maximum atomic E-state index is 12.1. The van der Waals surface area contributed by atoms with E-state index in [0.717, 1.165) is 28.6 Å². The predicted octanol–water partition coefficient (Wildman–Crippen LogP) is 3.46. The third-order valence-corrected chi connectivity index (χ3v) is 5.97. The first-order chi connectivity index (χ1) is 11.9. The Hall–Kier alpha value is -1.70.